The molecule has 1 atom stereocenters. The Kier molecular flexibility index (Phi) is 4.71. The minimum atomic E-state index is -3.47. The molecule has 0 saturated heterocycles. The van der Waals surface area contributed by atoms with Crippen LogP contribution in [-0.2, 0) is 19.0 Å². The van der Waals surface area contributed by atoms with Gasteiger partial charge in [0.05, 0.1) is 19.5 Å². The number of rotatable bonds is 4. The minimum Gasteiger partial charge on any atom is -0.453 e. The van der Waals surface area contributed by atoms with Gasteiger partial charge in [-0.05, 0) is 6.92 Å². The van der Waals surface area contributed by atoms with Crippen LogP contribution in [0.3, 0.4) is 0 Å². The second-order valence-corrected chi connectivity index (χ2v) is 4.08. The number of alkyl carbamates (subject to hydrolysis) is 1. The van der Waals surface area contributed by atoms with Crippen molar-refractivity contribution in [1.29, 1.82) is 0 Å². The number of hydrogen-bond donors (Lipinski definition) is 1. The number of carbonyl (C=O) groups is 1. The first-order valence-electron chi connectivity index (χ1n) is 3.55. The van der Waals surface area contributed by atoms with Crippen molar-refractivity contribution in [3.8, 4) is 0 Å². The maximum absolute atomic E-state index is 10.6. The predicted octanol–water partition coefficient (Wildman–Crippen LogP) is -0.293. The number of ether oxygens (including phenoxy) is 1. The topological polar surface area (TPSA) is 81.7 Å². The number of amides is 1. The SMILES string of the molecule is COC(=O)NCC(C)OS(C)(=O)=O. The van der Waals surface area contributed by atoms with E-state index in [1.165, 1.54) is 14.0 Å². The summed E-state index contributed by atoms with van der Waals surface area (Å²) in [6.07, 6.45) is -0.278. The molecule has 0 rings (SSSR count). The molecule has 1 N–H and O–H groups in total. The Morgan fingerprint density at radius 1 is 1.54 bits per heavy atom. The largest absolute Gasteiger partial charge is 0.453 e. The molecule has 0 aromatic carbocycles. The summed E-state index contributed by atoms with van der Waals surface area (Å²) in [5.74, 6) is 0. The molecule has 0 radical (unpaired) electrons. The Balaban J connectivity index is 3.76. The molecule has 0 aromatic heterocycles. The molecule has 78 valence electrons. The molecule has 0 bridgehead atoms. The Morgan fingerprint density at radius 2 is 2.08 bits per heavy atom. The van der Waals surface area contributed by atoms with Crippen molar-refractivity contribution in [2.45, 2.75) is 13.0 Å². The summed E-state index contributed by atoms with van der Waals surface area (Å²) in [5.41, 5.74) is 0. The summed E-state index contributed by atoms with van der Waals surface area (Å²) in [6.45, 7) is 1.61. The molecule has 0 aliphatic heterocycles. The predicted molar refractivity (Wildman–Crippen MR) is 45.8 cm³/mol. The van der Waals surface area contributed by atoms with Crippen LogP contribution in [0.2, 0.25) is 0 Å². The molecule has 6 nitrogen and oxygen atoms in total. The molecule has 7 heteroatoms. The second-order valence-electron chi connectivity index (χ2n) is 2.48. The standard InChI is InChI=1S/C6H13NO5S/c1-5(12-13(3,9)10)4-7-6(8)11-2/h5H,4H2,1-3H3,(H,7,8). The van der Waals surface area contributed by atoms with Crippen molar-refractivity contribution < 1.29 is 22.1 Å². The van der Waals surface area contributed by atoms with Gasteiger partial charge in [0.15, 0.2) is 0 Å². The van der Waals surface area contributed by atoms with E-state index >= 15 is 0 Å². The lowest BCUT2D eigenvalue weighted by Gasteiger charge is -2.10. The molecule has 0 aromatic rings. The summed E-state index contributed by atoms with van der Waals surface area (Å²) in [7, 11) is -2.25. The third-order valence-electron chi connectivity index (χ3n) is 1.06. The summed E-state index contributed by atoms with van der Waals surface area (Å²) in [4.78, 5) is 10.5. The first kappa shape index (κ1) is 12.2. The molecule has 0 heterocycles. The first-order valence-corrected chi connectivity index (χ1v) is 5.37. The van der Waals surface area contributed by atoms with Crippen LogP contribution >= 0.6 is 0 Å². The zero-order valence-corrected chi connectivity index (χ0v) is 8.55. The molecule has 0 aliphatic carbocycles. The maximum Gasteiger partial charge on any atom is 0.406 e. The first-order chi connectivity index (χ1) is 5.85. The van der Waals surface area contributed by atoms with Gasteiger partial charge >= 0.3 is 6.09 Å². The Bertz CT molecular complexity index is 260. The highest BCUT2D eigenvalue weighted by atomic mass is 32.2. The molecule has 0 spiro atoms. The second kappa shape index (κ2) is 5.03. The van der Waals surface area contributed by atoms with Crippen molar-refractivity contribution in [2.75, 3.05) is 19.9 Å². The summed E-state index contributed by atoms with van der Waals surface area (Å²) >= 11 is 0. The zero-order valence-electron chi connectivity index (χ0n) is 7.73. The van der Waals surface area contributed by atoms with Crippen molar-refractivity contribution in [2.24, 2.45) is 0 Å². The van der Waals surface area contributed by atoms with Gasteiger partial charge in [-0.25, -0.2) is 4.79 Å². The Morgan fingerprint density at radius 3 is 2.46 bits per heavy atom. The molecule has 0 fully saturated rings. The smallest absolute Gasteiger partial charge is 0.406 e. The van der Waals surface area contributed by atoms with Crippen molar-refractivity contribution >= 4 is 16.2 Å². The van der Waals surface area contributed by atoms with Crippen LogP contribution in [0.4, 0.5) is 4.79 Å². The van der Waals surface area contributed by atoms with Gasteiger partial charge in [0, 0.05) is 6.54 Å². The average molecular weight is 211 g/mol. The van der Waals surface area contributed by atoms with Crippen LogP contribution < -0.4 is 5.32 Å². The van der Waals surface area contributed by atoms with E-state index in [2.05, 4.69) is 14.2 Å². The van der Waals surface area contributed by atoms with Crippen LogP contribution in [-0.4, -0.2) is 40.5 Å². The van der Waals surface area contributed by atoms with Gasteiger partial charge in [-0.15, -0.1) is 0 Å². The highest BCUT2D eigenvalue weighted by Gasteiger charge is 2.11. The molecule has 1 amide bonds. The van der Waals surface area contributed by atoms with Gasteiger partial charge in [0.25, 0.3) is 10.1 Å². The lowest BCUT2D eigenvalue weighted by atomic mass is 10.4. The molecule has 0 aliphatic rings. The molecule has 13 heavy (non-hydrogen) atoms. The fraction of sp³-hybridized carbons (Fsp3) is 0.833. The van der Waals surface area contributed by atoms with E-state index in [9.17, 15) is 13.2 Å². The fourth-order valence-electron chi connectivity index (χ4n) is 0.632. The van der Waals surface area contributed by atoms with Gasteiger partial charge in [-0.3, -0.25) is 4.18 Å². The average Bonchev–Trinajstić information content (AvgIpc) is 1.97. The van der Waals surface area contributed by atoms with Gasteiger partial charge in [0.2, 0.25) is 0 Å². The van der Waals surface area contributed by atoms with E-state index in [1.807, 2.05) is 0 Å². The quantitative estimate of drug-likeness (QED) is 0.646. The van der Waals surface area contributed by atoms with Gasteiger partial charge in [-0.2, -0.15) is 8.42 Å². The summed E-state index contributed by atoms with van der Waals surface area (Å²) in [5, 5.41) is 2.30. The van der Waals surface area contributed by atoms with E-state index < -0.39 is 22.3 Å². The van der Waals surface area contributed by atoms with E-state index in [0.29, 0.717) is 0 Å². The van der Waals surface area contributed by atoms with Crippen LogP contribution in [0.1, 0.15) is 6.92 Å². The van der Waals surface area contributed by atoms with E-state index in [-0.39, 0.29) is 6.54 Å². The molecule has 0 saturated carbocycles. The molecule has 1 unspecified atom stereocenters. The Labute approximate surface area is 77.3 Å². The Hall–Kier alpha value is -0.820. The zero-order chi connectivity index (χ0) is 10.5. The monoisotopic (exact) mass is 211 g/mol. The van der Waals surface area contributed by atoms with Gasteiger partial charge in [0.1, 0.15) is 0 Å². The summed E-state index contributed by atoms with van der Waals surface area (Å²) < 4.78 is 30.0. The highest BCUT2D eigenvalue weighted by Crippen LogP contribution is 1.95. The molecular weight excluding hydrogens is 198 g/mol. The van der Waals surface area contributed by atoms with Crippen LogP contribution in [0.15, 0.2) is 0 Å². The lowest BCUT2D eigenvalue weighted by Crippen LogP contribution is -2.32. The lowest BCUT2D eigenvalue weighted by molar-refractivity contribution is 0.161. The molecular formula is C6H13NO5S. The number of methoxy groups -OCH3 is 1. The van der Waals surface area contributed by atoms with Crippen LogP contribution in [0.25, 0.3) is 0 Å². The highest BCUT2D eigenvalue weighted by molar-refractivity contribution is 7.86. The van der Waals surface area contributed by atoms with Crippen molar-refractivity contribution in [3.05, 3.63) is 0 Å². The van der Waals surface area contributed by atoms with Crippen LogP contribution in [0.5, 0.6) is 0 Å². The van der Waals surface area contributed by atoms with E-state index in [4.69, 9.17) is 0 Å². The van der Waals surface area contributed by atoms with E-state index in [1.54, 1.807) is 0 Å². The maximum atomic E-state index is 10.6. The number of carbonyl (C=O) groups excluding carboxylic acids is 1. The normalized spacial score (nSPS) is 13.5. The number of nitrogens with one attached hydrogen (secondary N) is 1. The van der Waals surface area contributed by atoms with Crippen molar-refractivity contribution in [3.63, 3.8) is 0 Å². The van der Waals surface area contributed by atoms with Gasteiger partial charge < -0.3 is 10.1 Å². The van der Waals surface area contributed by atoms with Crippen molar-refractivity contribution in [1.82, 2.24) is 5.32 Å². The third-order valence-corrected chi connectivity index (χ3v) is 1.74. The summed E-state index contributed by atoms with van der Waals surface area (Å²) in [6, 6.07) is 0. The number of hydrogen-bond acceptors (Lipinski definition) is 5. The van der Waals surface area contributed by atoms with E-state index in [0.717, 1.165) is 6.26 Å². The minimum absolute atomic E-state index is 0.0831. The fourth-order valence-corrected chi connectivity index (χ4v) is 1.30. The third kappa shape index (κ3) is 7.54. The van der Waals surface area contributed by atoms with Gasteiger partial charge in [-0.1, -0.05) is 0 Å². The van der Waals surface area contributed by atoms with Crippen LogP contribution in [0, 0.1) is 0 Å².